The second-order valence-electron chi connectivity index (χ2n) is 7.85. The molecule has 0 unspecified atom stereocenters. The fraction of sp³-hybridized carbons (Fsp3) is 0.435. The molecular formula is C23H27N3O4S. The van der Waals surface area contributed by atoms with Crippen molar-refractivity contribution in [1.29, 1.82) is 0 Å². The van der Waals surface area contributed by atoms with Gasteiger partial charge in [-0.1, -0.05) is 26.0 Å². The summed E-state index contributed by atoms with van der Waals surface area (Å²) in [5, 5.41) is 4.18. The van der Waals surface area contributed by atoms with E-state index in [9.17, 15) is 14.4 Å². The van der Waals surface area contributed by atoms with E-state index in [1.807, 2.05) is 17.5 Å². The van der Waals surface area contributed by atoms with Gasteiger partial charge in [0, 0.05) is 35.3 Å². The first-order valence-electron chi connectivity index (χ1n) is 10.7. The van der Waals surface area contributed by atoms with Gasteiger partial charge >= 0.3 is 0 Å². The van der Waals surface area contributed by atoms with Crippen LogP contribution in [-0.4, -0.2) is 46.7 Å². The predicted octanol–water partition coefficient (Wildman–Crippen LogP) is 2.93. The van der Waals surface area contributed by atoms with Gasteiger partial charge in [0.25, 0.3) is 5.91 Å². The van der Waals surface area contributed by atoms with Gasteiger partial charge in [-0.2, -0.15) is 0 Å². The lowest BCUT2D eigenvalue weighted by Crippen LogP contribution is -2.52. The van der Waals surface area contributed by atoms with Crippen molar-refractivity contribution in [2.75, 3.05) is 13.1 Å². The minimum atomic E-state index is -0.588. The Bertz CT molecular complexity index is 981. The molecule has 1 aromatic carbocycles. The predicted molar refractivity (Wildman–Crippen MR) is 118 cm³/mol. The fourth-order valence-electron chi connectivity index (χ4n) is 4.07. The smallest absolute Gasteiger partial charge is 0.256 e. The van der Waals surface area contributed by atoms with Gasteiger partial charge in [0.15, 0.2) is 0 Å². The molecule has 2 aliphatic rings. The van der Waals surface area contributed by atoms with E-state index in [0.29, 0.717) is 25.1 Å². The molecule has 3 amide bonds. The van der Waals surface area contributed by atoms with Crippen LogP contribution in [0.25, 0.3) is 0 Å². The molecule has 1 fully saturated rings. The largest absolute Gasteiger partial charge is 0.488 e. The highest BCUT2D eigenvalue weighted by Crippen LogP contribution is 2.34. The molecule has 1 atom stereocenters. The van der Waals surface area contributed by atoms with Crippen molar-refractivity contribution in [3.05, 3.63) is 51.2 Å². The van der Waals surface area contributed by atoms with E-state index in [-0.39, 0.29) is 24.1 Å². The van der Waals surface area contributed by atoms with E-state index in [2.05, 4.69) is 36.2 Å². The molecule has 2 aliphatic heterocycles. The van der Waals surface area contributed by atoms with E-state index >= 15 is 0 Å². The highest BCUT2D eigenvalue weighted by molar-refractivity contribution is 7.10. The number of ether oxygens (including phenoxy) is 1. The maximum Gasteiger partial charge on any atom is 0.256 e. The Balaban J connectivity index is 1.38. The van der Waals surface area contributed by atoms with Gasteiger partial charge < -0.3 is 9.64 Å². The monoisotopic (exact) mass is 441 g/mol. The molecule has 0 bridgehead atoms. The maximum atomic E-state index is 12.8. The van der Waals surface area contributed by atoms with Gasteiger partial charge in [-0.25, -0.2) is 0 Å². The van der Waals surface area contributed by atoms with Crippen molar-refractivity contribution in [2.24, 2.45) is 0 Å². The van der Waals surface area contributed by atoms with Crippen LogP contribution < -0.4 is 10.1 Å². The Labute approximate surface area is 186 Å². The number of thiophene rings is 1. The number of nitrogens with zero attached hydrogens (tertiary/aromatic N) is 2. The van der Waals surface area contributed by atoms with Crippen LogP contribution in [0.3, 0.4) is 0 Å². The molecule has 2 aromatic rings. The first kappa shape index (κ1) is 21.5. The van der Waals surface area contributed by atoms with Crippen molar-refractivity contribution in [1.82, 2.24) is 15.1 Å². The van der Waals surface area contributed by atoms with Crippen LogP contribution in [0.4, 0.5) is 0 Å². The highest BCUT2D eigenvalue weighted by Gasteiger charge is 2.40. The Morgan fingerprint density at radius 1 is 1.16 bits per heavy atom. The van der Waals surface area contributed by atoms with Gasteiger partial charge in [0.05, 0.1) is 5.56 Å². The Morgan fingerprint density at radius 3 is 2.58 bits per heavy atom. The van der Waals surface area contributed by atoms with E-state index in [4.69, 9.17) is 4.74 Å². The fourth-order valence-corrected chi connectivity index (χ4v) is 5.02. The van der Waals surface area contributed by atoms with Crippen LogP contribution in [0.5, 0.6) is 5.75 Å². The van der Waals surface area contributed by atoms with Crippen LogP contribution in [0.2, 0.25) is 0 Å². The molecule has 0 radical (unpaired) electrons. The number of benzene rings is 1. The van der Waals surface area contributed by atoms with E-state index in [0.717, 1.165) is 35.8 Å². The normalized spacial score (nSPS) is 18.5. The van der Waals surface area contributed by atoms with E-state index in [1.165, 1.54) is 16.9 Å². The second kappa shape index (κ2) is 9.20. The van der Waals surface area contributed by atoms with Crippen LogP contribution in [0.15, 0.2) is 29.6 Å². The van der Waals surface area contributed by atoms with Crippen molar-refractivity contribution < 1.29 is 19.1 Å². The summed E-state index contributed by atoms with van der Waals surface area (Å²) >= 11 is 1.51. The first-order valence-corrected chi connectivity index (χ1v) is 11.6. The molecular weight excluding hydrogens is 414 g/mol. The number of hydrogen-bond donors (Lipinski definition) is 1. The van der Waals surface area contributed by atoms with Gasteiger partial charge in [-0.05, 0) is 37.2 Å². The molecule has 3 heterocycles. The lowest BCUT2D eigenvalue weighted by atomic mass is 10.0. The average molecular weight is 442 g/mol. The van der Waals surface area contributed by atoms with Gasteiger partial charge in [0.2, 0.25) is 11.8 Å². The molecule has 0 aliphatic carbocycles. The lowest BCUT2D eigenvalue weighted by molar-refractivity contribution is -0.136. The topological polar surface area (TPSA) is 79.0 Å². The average Bonchev–Trinajstić information content (AvgIpc) is 3.31. The highest BCUT2D eigenvalue weighted by atomic mass is 32.1. The van der Waals surface area contributed by atoms with Crippen LogP contribution >= 0.6 is 11.3 Å². The van der Waals surface area contributed by atoms with Crippen molar-refractivity contribution in [3.63, 3.8) is 0 Å². The SMILES string of the molecule is CCN(CC)Cc1ccc(OCc2scc3c2CN([C@H]2CCC(=O)NC2=O)C3=O)cc1. The minimum Gasteiger partial charge on any atom is -0.488 e. The Hall–Kier alpha value is -2.71. The third-order valence-corrected chi connectivity index (χ3v) is 6.98. The molecule has 164 valence electrons. The van der Waals surface area contributed by atoms with Gasteiger partial charge in [-0.15, -0.1) is 11.3 Å². The number of piperidine rings is 1. The molecule has 0 spiro atoms. The summed E-state index contributed by atoms with van der Waals surface area (Å²) in [6, 6.07) is 7.54. The maximum absolute atomic E-state index is 12.8. The summed E-state index contributed by atoms with van der Waals surface area (Å²) in [5.41, 5.74) is 2.82. The molecule has 1 N–H and O–H groups in total. The standard InChI is InChI=1S/C23H27N3O4S/c1-3-25(4-2)11-15-5-7-16(8-6-15)30-13-20-17-12-26(23(29)18(17)14-31-20)19-9-10-21(27)24-22(19)28/h5-8,14,19H,3-4,9-13H2,1-2H3,(H,24,27,28)/t19-/m0/s1. The molecule has 0 saturated carbocycles. The molecule has 8 heteroatoms. The van der Waals surface area contributed by atoms with Crippen LogP contribution in [0.1, 0.15) is 53.1 Å². The zero-order valence-electron chi connectivity index (χ0n) is 17.8. The third kappa shape index (κ3) is 4.50. The Morgan fingerprint density at radius 2 is 1.90 bits per heavy atom. The number of carbonyl (C=O) groups excluding carboxylic acids is 3. The number of amides is 3. The van der Waals surface area contributed by atoms with E-state index in [1.54, 1.807) is 4.90 Å². The summed E-state index contributed by atoms with van der Waals surface area (Å²) in [5.74, 6) is -0.0233. The summed E-state index contributed by atoms with van der Waals surface area (Å²) in [7, 11) is 0. The number of imide groups is 1. The summed E-state index contributed by atoms with van der Waals surface area (Å²) < 4.78 is 5.98. The summed E-state index contributed by atoms with van der Waals surface area (Å²) in [6.07, 6.45) is 0.628. The number of carbonyl (C=O) groups is 3. The van der Waals surface area contributed by atoms with Gasteiger partial charge in [-0.3, -0.25) is 24.6 Å². The molecule has 7 nitrogen and oxygen atoms in total. The van der Waals surface area contributed by atoms with Crippen molar-refractivity contribution in [2.45, 2.75) is 52.4 Å². The minimum absolute atomic E-state index is 0.146. The first-order chi connectivity index (χ1) is 15.0. The van der Waals surface area contributed by atoms with Crippen LogP contribution in [-0.2, 0) is 29.3 Å². The number of rotatable bonds is 8. The number of nitrogens with one attached hydrogen (secondary N) is 1. The summed E-state index contributed by atoms with van der Waals surface area (Å²) in [4.78, 5) is 41.3. The summed E-state index contributed by atoms with van der Waals surface area (Å²) in [6.45, 7) is 8.04. The van der Waals surface area contributed by atoms with Crippen molar-refractivity contribution in [3.8, 4) is 5.75 Å². The second-order valence-corrected chi connectivity index (χ2v) is 8.81. The van der Waals surface area contributed by atoms with E-state index < -0.39 is 6.04 Å². The van der Waals surface area contributed by atoms with Gasteiger partial charge in [0.1, 0.15) is 18.4 Å². The molecule has 4 rings (SSSR count). The number of fused-ring (bicyclic) bond motifs is 1. The Kier molecular flexibility index (Phi) is 6.38. The number of hydrogen-bond acceptors (Lipinski definition) is 6. The van der Waals surface area contributed by atoms with Crippen LogP contribution in [0, 0.1) is 0 Å². The lowest BCUT2D eigenvalue weighted by Gasteiger charge is -2.29. The zero-order chi connectivity index (χ0) is 22.0. The molecule has 31 heavy (non-hydrogen) atoms. The molecule has 1 aromatic heterocycles. The quantitative estimate of drug-likeness (QED) is 0.638. The zero-order valence-corrected chi connectivity index (χ0v) is 18.7. The van der Waals surface area contributed by atoms with Crippen molar-refractivity contribution >= 4 is 29.1 Å². The third-order valence-electron chi connectivity index (χ3n) is 5.98. The molecule has 1 saturated heterocycles.